The highest BCUT2D eigenvalue weighted by Crippen LogP contribution is 2.55. The van der Waals surface area contributed by atoms with Crippen LogP contribution in [-0.4, -0.2) is 14.4 Å². The molecule has 0 aliphatic carbocycles. The molecule has 1 aliphatic heterocycles. The van der Waals surface area contributed by atoms with Gasteiger partial charge in [-0.15, -0.1) is 0 Å². The van der Waals surface area contributed by atoms with E-state index in [2.05, 4.69) is 126 Å². The van der Waals surface area contributed by atoms with Crippen molar-refractivity contribution < 1.29 is 9.15 Å². The van der Waals surface area contributed by atoms with E-state index < -0.39 is 0 Å². The van der Waals surface area contributed by atoms with Gasteiger partial charge in [-0.1, -0.05) is 80.6 Å². The van der Waals surface area contributed by atoms with Crippen molar-refractivity contribution in [2.45, 2.75) is 19.3 Å². The topological polar surface area (TPSA) is 55.8 Å². The molecule has 6 aromatic carbocycles. The number of aromatic nitrogens is 3. The quantitative estimate of drug-likeness (QED) is 0.177. The van der Waals surface area contributed by atoms with Gasteiger partial charge in [0, 0.05) is 39.4 Å². The highest BCUT2D eigenvalue weighted by Gasteiger charge is 2.39. The van der Waals surface area contributed by atoms with Gasteiger partial charge < -0.3 is 9.15 Å². The third-order valence-corrected chi connectivity index (χ3v) is 10.6. The predicted molar refractivity (Wildman–Crippen MR) is 206 cm³/mol. The molecule has 242 valence electrons. The van der Waals surface area contributed by atoms with Gasteiger partial charge in [-0.05, 0) is 77.7 Å². The summed E-state index contributed by atoms with van der Waals surface area (Å²) in [7, 11) is 0. The van der Waals surface area contributed by atoms with Crippen LogP contribution in [0.1, 0.15) is 25.0 Å². The largest absolute Gasteiger partial charge is 0.457 e. The zero-order valence-electron chi connectivity index (χ0n) is 28.0. The number of furan rings is 1. The Hall–Kier alpha value is -6.66. The van der Waals surface area contributed by atoms with Gasteiger partial charge in [-0.3, -0.25) is 9.30 Å². The molecular formula is C45H30N4O2. The Morgan fingerprint density at radius 2 is 1.41 bits per heavy atom. The normalized spacial score (nSPS) is 13.8. The standard InChI is InChI=1S/C45H30N4O2/c1-45(2)34-22-23-40-41(32-14-4-8-19-39(32)51-40)42(34)48(44-35(45)15-10-24-46-44)27-11-9-12-28(25-27)50-29-20-21-30-31-13-3-6-17-37(31)49-38-18-7-5-16-36(38)47-43(49)33(30)26-29/h3-26H,1-2H3. The number of nitrogens with zero attached hydrogens (tertiary/aromatic N) is 4. The van der Waals surface area contributed by atoms with Crippen LogP contribution in [0.25, 0.3) is 60.3 Å². The first kappa shape index (κ1) is 28.2. The highest BCUT2D eigenvalue weighted by molar-refractivity contribution is 6.16. The second-order valence-corrected chi connectivity index (χ2v) is 13.9. The molecule has 0 N–H and O–H groups in total. The number of ether oxygens (including phenoxy) is 1. The van der Waals surface area contributed by atoms with E-state index in [4.69, 9.17) is 19.1 Å². The summed E-state index contributed by atoms with van der Waals surface area (Å²) in [6, 6.07) is 48.2. The summed E-state index contributed by atoms with van der Waals surface area (Å²) in [6.07, 6.45) is 1.87. The molecule has 0 saturated heterocycles. The Morgan fingerprint density at radius 3 is 2.33 bits per heavy atom. The summed E-state index contributed by atoms with van der Waals surface area (Å²) in [5.74, 6) is 2.37. The summed E-state index contributed by atoms with van der Waals surface area (Å²) in [4.78, 5) is 12.4. The van der Waals surface area contributed by atoms with Crippen LogP contribution in [-0.2, 0) is 5.41 Å². The van der Waals surface area contributed by atoms with Crippen molar-refractivity contribution in [2.75, 3.05) is 4.90 Å². The van der Waals surface area contributed by atoms with Crippen LogP contribution < -0.4 is 9.64 Å². The lowest BCUT2D eigenvalue weighted by Crippen LogP contribution is -2.31. The average molecular weight is 659 g/mol. The number of hydrogen-bond donors (Lipinski definition) is 0. The Morgan fingerprint density at radius 1 is 0.608 bits per heavy atom. The van der Waals surface area contributed by atoms with Crippen molar-refractivity contribution in [2.24, 2.45) is 0 Å². The van der Waals surface area contributed by atoms with E-state index in [-0.39, 0.29) is 5.41 Å². The lowest BCUT2D eigenvalue weighted by Gasteiger charge is -2.41. The predicted octanol–water partition coefficient (Wildman–Crippen LogP) is 12.0. The van der Waals surface area contributed by atoms with E-state index in [0.717, 1.165) is 89.2 Å². The van der Waals surface area contributed by atoms with Gasteiger partial charge in [0.15, 0.2) is 0 Å². The molecule has 6 nitrogen and oxygen atoms in total. The number of pyridine rings is 2. The van der Waals surface area contributed by atoms with Crippen LogP contribution in [0.15, 0.2) is 150 Å². The fourth-order valence-corrected chi connectivity index (χ4v) is 8.28. The lowest BCUT2D eigenvalue weighted by molar-refractivity contribution is 0.483. The third-order valence-electron chi connectivity index (χ3n) is 10.6. The first-order valence-corrected chi connectivity index (χ1v) is 17.2. The maximum atomic E-state index is 6.71. The first-order chi connectivity index (χ1) is 25.0. The van der Waals surface area contributed by atoms with Crippen molar-refractivity contribution in [3.8, 4) is 11.5 Å². The third kappa shape index (κ3) is 3.93. The summed E-state index contributed by atoms with van der Waals surface area (Å²) in [5.41, 5.74) is 9.94. The smallest absolute Gasteiger partial charge is 0.146 e. The van der Waals surface area contributed by atoms with E-state index in [9.17, 15) is 0 Å². The zero-order valence-corrected chi connectivity index (χ0v) is 28.0. The fourth-order valence-electron chi connectivity index (χ4n) is 8.28. The molecule has 0 fully saturated rings. The molecule has 1 aliphatic rings. The van der Waals surface area contributed by atoms with Crippen LogP contribution in [0.4, 0.5) is 17.2 Å². The second kappa shape index (κ2) is 10.2. The maximum absolute atomic E-state index is 6.71. The minimum absolute atomic E-state index is 0.283. The van der Waals surface area contributed by atoms with Crippen LogP contribution >= 0.6 is 0 Å². The maximum Gasteiger partial charge on any atom is 0.146 e. The van der Waals surface area contributed by atoms with Crippen molar-refractivity contribution in [1.82, 2.24) is 14.4 Å². The second-order valence-electron chi connectivity index (χ2n) is 13.9. The number of fused-ring (bicyclic) bond motifs is 14. The minimum Gasteiger partial charge on any atom is -0.457 e. The van der Waals surface area contributed by atoms with E-state index in [0.29, 0.717) is 0 Å². The number of benzene rings is 6. The summed E-state index contributed by atoms with van der Waals surface area (Å²) in [5, 5.41) is 5.52. The van der Waals surface area contributed by atoms with Crippen LogP contribution in [0.5, 0.6) is 11.5 Å². The van der Waals surface area contributed by atoms with Crippen LogP contribution in [0.2, 0.25) is 0 Å². The minimum atomic E-state index is -0.283. The van der Waals surface area contributed by atoms with Gasteiger partial charge in [0.05, 0.1) is 33.3 Å². The fraction of sp³-hybridized carbons (Fsp3) is 0.0667. The van der Waals surface area contributed by atoms with Crippen LogP contribution in [0, 0.1) is 0 Å². The monoisotopic (exact) mass is 658 g/mol. The van der Waals surface area contributed by atoms with Gasteiger partial charge in [0.2, 0.25) is 0 Å². The van der Waals surface area contributed by atoms with Crippen molar-refractivity contribution >= 4 is 77.5 Å². The molecule has 6 heteroatoms. The molecule has 0 saturated carbocycles. The summed E-state index contributed by atoms with van der Waals surface area (Å²) in [6.45, 7) is 4.56. The molecule has 11 rings (SSSR count). The molecule has 0 radical (unpaired) electrons. The Labute approximate surface area is 292 Å². The highest BCUT2D eigenvalue weighted by atomic mass is 16.5. The van der Waals surface area contributed by atoms with E-state index in [1.807, 2.05) is 42.6 Å². The number of rotatable bonds is 3. The first-order valence-electron chi connectivity index (χ1n) is 17.2. The molecule has 4 aromatic heterocycles. The molecule has 0 bridgehead atoms. The van der Waals surface area contributed by atoms with Gasteiger partial charge in [0.25, 0.3) is 0 Å². The number of imidazole rings is 1. The zero-order chi connectivity index (χ0) is 33.8. The Kier molecular flexibility index (Phi) is 5.63. The molecule has 10 aromatic rings. The Balaban J connectivity index is 1.09. The molecule has 51 heavy (non-hydrogen) atoms. The molecule has 0 spiro atoms. The van der Waals surface area contributed by atoms with Crippen LogP contribution in [0.3, 0.4) is 0 Å². The summed E-state index contributed by atoms with van der Waals surface area (Å²) < 4.78 is 15.4. The molecule has 0 unspecified atom stereocenters. The van der Waals surface area contributed by atoms with Gasteiger partial charge >= 0.3 is 0 Å². The van der Waals surface area contributed by atoms with Gasteiger partial charge in [-0.25, -0.2) is 9.97 Å². The van der Waals surface area contributed by atoms with Crippen molar-refractivity contribution in [1.29, 1.82) is 0 Å². The number of para-hydroxylation sites is 4. The van der Waals surface area contributed by atoms with E-state index in [1.54, 1.807) is 0 Å². The number of anilines is 3. The molecule has 0 amide bonds. The average Bonchev–Trinajstić information content (AvgIpc) is 3.75. The molecular weight excluding hydrogens is 629 g/mol. The van der Waals surface area contributed by atoms with Gasteiger partial charge in [-0.2, -0.15) is 0 Å². The van der Waals surface area contributed by atoms with E-state index in [1.165, 1.54) is 10.9 Å². The van der Waals surface area contributed by atoms with Crippen molar-refractivity contribution in [3.05, 3.63) is 157 Å². The number of hydrogen-bond acceptors (Lipinski definition) is 5. The SMILES string of the molecule is CC1(C)c2cccnc2N(c2cccc(Oc3ccc4c5ccccc5n5c6ccccc6nc5c4c3)c2)c2c1ccc1oc3ccccc3c21. The summed E-state index contributed by atoms with van der Waals surface area (Å²) >= 11 is 0. The lowest BCUT2D eigenvalue weighted by atomic mass is 9.74. The van der Waals surface area contributed by atoms with Gasteiger partial charge in [0.1, 0.15) is 34.1 Å². The van der Waals surface area contributed by atoms with E-state index >= 15 is 0 Å². The Bertz CT molecular complexity index is 3060. The molecule has 5 heterocycles. The van der Waals surface area contributed by atoms with Crippen molar-refractivity contribution in [3.63, 3.8) is 0 Å². The molecule has 0 atom stereocenters.